The minimum Gasteiger partial charge on any atom is -0.380 e. The van der Waals surface area contributed by atoms with Crippen LogP contribution in [0.1, 0.15) is 41.4 Å². The van der Waals surface area contributed by atoms with E-state index in [1.807, 2.05) is 0 Å². The lowest BCUT2D eigenvalue weighted by molar-refractivity contribution is -0.136. The van der Waals surface area contributed by atoms with Crippen LogP contribution < -0.4 is 5.32 Å². The van der Waals surface area contributed by atoms with Crippen molar-refractivity contribution in [3.63, 3.8) is 0 Å². The van der Waals surface area contributed by atoms with Crippen LogP contribution in [-0.4, -0.2) is 44.1 Å². The molecule has 0 radical (unpaired) electrons. The van der Waals surface area contributed by atoms with Crippen molar-refractivity contribution in [2.45, 2.75) is 31.3 Å². The van der Waals surface area contributed by atoms with Gasteiger partial charge >= 0.3 is 0 Å². The van der Waals surface area contributed by atoms with Crippen LogP contribution in [0.4, 0.5) is 0 Å². The molecule has 1 unspecified atom stereocenters. The monoisotopic (exact) mass is 378 g/mol. The second-order valence-electron chi connectivity index (χ2n) is 8.06. The van der Waals surface area contributed by atoms with Crippen molar-refractivity contribution in [3.05, 3.63) is 71.3 Å². The third-order valence-corrected chi connectivity index (χ3v) is 6.30. The van der Waals surface area contributed by atoms with Crippen molar-refractivity contribution < 1.29 is 9.53 Å². The predicted octanol–water partition coefficient (Wildman–Crippen LogP) is 3.54. The lowest BCUT2D eigenvalue weighted by Crippen LogP contribution is -2.43. The molecule has 2 fully saturated rings. The SMILES string of the molecule is COCc1cccc(C2CNC[C@H]2C(=O)N2CCC(c3ccccc3)CC2)c1. The normalized spacial score (nSPS) is 23.1. The number of rotatable bonds is 5. The van der Waals surface area contributed by atoms with Crippen molar-refractivity contribution in [2.24, 2.45) is 5.92 Å². The highest BCUT2D eigenvalue weighted by molar-refractivity contribution is 5.80. The molecule has 148 valence electrons. The number of carbonyl (C=O) groups is 1. The molecule has 2 saturated heterocycles. The molecular weight excluding hydrogens is 348 g/mol. The molecule has 0 spiro atoms. The number of benzene rings is 2. The van der Waals surface area contributed by atoms with E-state index in [9.17, 15) is 4.79 Å². The fourth-order valence-corrected chi connectivity index (χ4v) is 4.76. The van der Waals surface area contributed by atoms with E-state index in [1.54, 1.807) is 7.11 Å². The summed E-state index contributed by atoms with van der Waals surface area (Å²) >= 11 is 0. The Labute approximate surface area is 167 Å². The molecule has 2 heterocycles. The summed E-state index contributed by atoms with van der Waals surface area (Å²) in [6, 6.07) is 19.2. The molecule has 28 heavy (non-hydrogen) atoms. The average Bonchev–Trinajstić information content (AvgIpc) is 3.24. The van der Waals surface area contributed by atoms with Gasteiger partial charge in [0.15, 0.2) is 0 Å². The number of methoxy groups -OCH3 is 1. The van der Waals surface area contributed by atoms with Gasteiger partial charge in [-0.05, 0) is 35.4 Å². The third-order valence-electron chi connectivity index (χ3n) is 6.30. The third kappa shape index (κ3) is 4.13. The molecule has 2 atom stereocenters. The Bertz CT molecular complexity index is 784. The molecule has 2 aromatic rings. The first-order valence-electron chi connectivity index (χ1n) is 10.4. The van der Waals surface area contributed by atoms with Crippen LogP contribution in [0.3, 0.4) is 0 Å². The Morgan fingerprint density at radius 3 is 2.54 bits per heavy atom. The maximum Gasteiger partial charge on any atom is 0.227 e. The molecule has 2 aromatic carbocycles. The smallest absolute Gasteiger partial charge is 0.227 e. The van der Waals surface area contributed by atoms with Crippen LogP contribution in [-0.2, 0) is 16.1 Å². The minimum atomic E-state index is 0.0334. The summed E-state index contributed by atoms with van der Waals surface area (Å²) < 4.78 is 5.27. The molecular formula is C24H30N2O2. The van der Waals surface area contributed by atoms with E-state index in [1.165, 1.54) is 16.7 Å². The molecule has 2 aliphatic rings. The van der Waals surface area contributed by atoms with Crippen molar-refractivity contribution in [2.75, 3.05) is 33.3 Å². The lowest BCUT2D eigenvalue weighted by Gasteiger charge is -2.35. The number of ether oxygens (including phenoxy) is 1. The highest BCUT2D eigenvalue weighted by Crippen LogP contribution is 2.33. The first-order chi connectivity index (χ1) is 13.8. The fraction of sp³-hybridized carbons (Fsp3) is 0.458. The molecule has 4 rings (SSSR count). The van der Waals surface area contributed by atoms with Crippen molar-refractivity contribution >= 4 is 5.91 Å². The van der Waals surface area contributed by atoms with E-state index in [0.717, 1.165) is 39.0 Å². The standard InChI is InChI=1S/C24H30N2O2/c1-28-17-18-6-5-9-21(14-18)22-15-25-16-23(22)24(27)26-12-10-20(11-13-26)19-7-3-2-4-8-19/h2-9,14,20,22-23,25H,10-13,15-17H2,1H3/t22?,23-/m1/s1. The van der Waals surface area contributed by atoms with Gasteiger partial charge in [-0.2, -0.15) is 0 Å². The van der Waals surface area contributed by atoms with Crippen LogP contribution >= 0.6 is 0 Å². The second kappa shape index (κ2) is 8.89. The summed E-state index contributed by atoms with van der Waals surface area (Å²) in [5, 5.41) is 3.45. The number of carbonyl (C=O) groups excluding carboxylic acids is 1. The Hall–Kier alpha value is -2.17. The molecule has 1 N–H and O–H groups in total. The van der Waals surface area contributed by atoms with E-state index < -0.39 is 0 Å². The Balaban J connectivity index is 1.41. The van der Waals surface area contributed by atoms with Crippen molar-refractivity contribution in [1.82, 2.24) is 10.2 Å². The number of hydrogen-bond donors (Lipinski definition) is 1. The molecule has 4 nitrogen and oxygen atoms in total. The first-order valence-corrected chi connectivity index (χ1v) is 10.4. The van der Waals surface area contributed by atoms with Crippen LogP contribution in [0.15, 0.2) is 54.6 Å². The molecule has 0 saturated carbocycles. The van der Waals surface area contributed by atoms with Crippen LogP contribution in [0.25, 0.3) is 0 Å². The maximum atomic E-state index is 13.3. The largest absolute Gasteiger partial charge is 0.380 e. The van der Waals surface area contributed by atoms with Gasteiger partial charge in [0.1, 0.15) is 0 Å². The van der Waals surface area contributed by atoms with Gasteiger partial charge in [0.25, 0.3) is 0 Å². The van der Waals surface area contributed by atoms with E-state index in [2.05, 4.69) is 64.8 Å². The van der Waals surface area contributed by atoms with E-state index in [-0.39, 0.29) is 11.8 Å². The first kappa shape index (κ1) is 19.2. The average molecular weight is 379 g/mol. The van der Waals surface area contributed by atoms with Gasteiger partial charge in [0.05, 0.1) is 12.5 Å². The van der Waals surface area contributed by atoms with Crippen molar-refractivity contribution in [3.8, 4) is 0 Å². The Morgan fingerprint density at radius 1 is 1.04 bits per heavy atom. The number of nitrogens with one attached hydrogen (secondary N) is 1. The highest BCUT2D eigenvalue weighted by Gasteiger charge is 2.37. The van der Waals surface area contributed by atoms with Gasteiger partial charge in [-0.25, -0.2) is 0 Å². The predicted molar refractivity (Wildman–Crippen MR) is 111 cm³/mol. The summed E-state index contributed by atoms with van der Waals surface area (Å²) in [5.41, 5.74) is 3.82. The van der Waals surface area contributed by atoms with Gasteiger partial charge in [0.2, 0.25) is 5.91 Å². The van der Waals surface area contributed by atoms with E-state index in [4.69, 9.17) is 4.74 Å². The molecule has 0 aromatic heterocycles. The summed E-state index contributed by atoms with van der Waals surface area (Å²) in [4.78, 5) is 15.4. The lowest BCUT2D eigenvalue weighted by atomic mass is 9.85. The van der Waals surface area contributed by atoms with E-state index >= 15 is 0 Å². The quantitative estimate of drug-likeness (QED) is 0.865. The zero-order valence-electron chi connectivity index (χ0n) is 16.6. The summed E-state index contributed by atoms with van der Waals surface area (Å²) in [6.07, 6.45) is 2.12. The number of nitrogens with zero attached hydrogens (tertiary/aromatic N) is 1. The van der Waals surface area contributed by atoms with Crippen molar-refractivity contribution in [1.29, 1.82) is 0 Å². The number of piperidine rings is 1. The van der Waals surface area contributed by atoms with Gasteiger partial charge in [-0.1, -0.05) is 54.6 Å². The summed E-state index contributed by atoms with van der Waals surface area (Å²) in [5.74, 6) is 1.18. The minimum absolute atomic E-state index is 0.0334. The van der Waals surface area contributed by atoms with Gasteiger partial charge in [-0.3, -0.25) is 4.79 Å². The van der Waals surface area contributed by atoms with Gasteiger partial charge < -0.3 is 15.0 Å². The van der Waals surface area contributed by atoms with Crippen LogP contribution in [0.2, 0.25) is 0 Å². The summed E-state index contributed by atoms with van der Waals surface area (Å²) in [6.45, 7) is 3.99. The highest BCUT2D eigenvalue weighted by atomic mass is 16.5. The molecule has 4 heteroatoms. The zero-order valence-corrected chi connectivity index (χ0v) is 16.6. The molecule has 2 aliphatic heterocycles. The van der Waals surface area contributed by atoms with E-state index in [0.29, 0.717) is 18.4 Å². The number of hydrogen-bond acceptors (Lipinski definition) is 3. The number of likely N-dealkylation sites (tertiary alicyclic amines) is 1. The van der Waals surface area contributed by atoms with Crippen LogP contribution in [0, 0.1) is 5.92 Å². The molecule has 0 aliphatic carbocycles. The van der Waals surface area contributed by atoms with Gasteiger partial charge in [0, 0.05) is 39.2 Å². The van der Waals surface area contributed by atoms with Gasteiger partial charge in [-0.15, -0.1) is 0 Å². The molecule has 1 amide bonds. The number of amides is 1. The topological polar surface area (TPSA) is 41.6 Å². The molecule has 0 bridgehead atoms. The Morgan fingerprint density at radius 2 is 1.79 bits per heavy atom. The Kier molecular flexibility index (Phi) is 6.08. The zero-order chi connectivity index (χ0) is 19.3. The summed E-state index contributed by atoms with van der Waals surface area (Å²) in [7, 11) is 1.72. The van der Waals surface area contributed by atoms with Crippen LogP contribution in [0.5, 0.6) is 0 Å². The maximum absolute atomic E-state index is 13.3. The fourth-order valence-electron chi connectivity index (χ4n) is 4.76. The second-order valence-corrected chi connectivity index (χ2v) is 8.06.